The number of benzene rings is 1. The zero-order valence-corrected chi connectivity index (χ0v) is 10.2. The first-order valence-corrected chi connectivity index (χ1v) is 6.12. The first-order valence-electron chi connectivity index (χ1n) is 5.74. The number of halogens is 1. The molecule has 1 aliphatic rings. The number of isocyanates is 1. The van der Waals surface area contributed by atoms with Crippen molar-refractivity contribution in [1.29, 1.82) is 0 Å². The molecule has 3 nitrogen and oxygen atoms in total. The second-order valence-corrected chi connectivity index (χ2v) is 4.70. The summed E-state index contributed by atoms with van der Waals surface area (Å²) in [5, 5.41) is 0.622. The molecule has 0 amide bonds. The molecule has 1 fully saturated rings. The average molecular weight is 252 g/mol. The molecule has 0 spiro atoms. The number of rotatable bonds is 5. The molecule has 0 radical (unpaired) electrons. The van der Waals surface area contributed by atoms with E-state index in [-0.39, 0.29) is 6.54 Å². The molecule has 0 saturated heterocycles. The predicted octanol–water partition coefficient (Wildman–Crippen LogP) is 3.35. The maximum atomic E-state index is 10.1. The van der Waals surface area contributed by atoms with Crippen LogP contribution in [0.4, 0.5) is 0 Å². The first-order chi connectivity index (χ1) is 8.29. The molecule has 0 heterocycles. The molecule has 4 heteroatoms. The van der Waals surface area contributed by atoms with E-state index in [1.54, 1.807) is 12.1 Å². The molecule has 0 aliphatic heterocycles. The van der Waals surface area contributed by atoms with Crippen LogP contribution in [0.1, 0.15) is 24.8 Å². The summed E-state index contributed by atoms with van der Waals surface area (Å²) in [6, 6.07) is 5.39. The molecule has 90 valence electrons. The van der Waals surface area contributed by atoms with E-state index in [0.29, 0.717) is 10.9 Å². The van der Waals surface area contributed by atoms with Gasteiger partial charge in [-0.1, -0.05) is 18.0 Å². The van der Waals surface area contributed by atoms with E-state index in [9.17, 15) is 4.79 Å². The van der Waals surface area contributed by atoms with Crippen LogP contribution in [-0.2, 0) is 11.3 Å². The van der Waals surface area contributed by atoms with Gasteiger partial charge in [-0.25, -0.2) is 9.79 Å². The summed E-state index contributed by atoms with van der Waals surface area (Å²) in [5.41, 5.74) is 0.833. The minimum absolute atomic E-state index is 0.268. The number of aliphatic imine (C=N–C) groups is 1. The summed E-state index contributed by atoms with van der Waals surface area (Å²) in [6.45, 7) is 1.00. The van der Waals surface area contributed by atoms with Gasteiger partial charge in [-0.05, 0) is 37.0 Å². The molecule has 17 heavy (non-hydrogen) atoms. The summed E-state index contributed by atoms with van der Waals surface area (Å²) in [7, 11) is 0. The molecule has 0 aromatic heterocycles. The van der Waals surface area contributed by atoms with Crippen molar-refractivity contribution < 1.29 is 9.53 Å². The van der Waals surface area contributed by atoms with Crippen molar-refractivity contribution in [3.63, 3.8) is 0 Å². The van der Waals surface area contributed by atoms with Crippen molar-refractivity contribution in [3.05, 3.63) is 28.8 Å². The van der Waals surface area contributed by atoms with Crippen molar-refractivity contribution in [1.82, 2.24) is 0 Å². The van der Waals surface area contributed by atoms with Crippen LogP contribution in [0.25, 0.3) is 0 Å². The highest BCUT2D eigenvalue weighted by atomic mass is 35.5. The largest absolute Gasteiger partial charge is 0.493 e. The fourth-order valence-electron chi connectivity index (χ4n) is 1.80. The third-order valence-corrected chi connectivity index (χ3v) is 3.27. The van der Waals surface area contributed by atoms with Gasteiger partial charge in [0.05, 0.1) is 13.2 Å². The molecule has 1 aromatic carbocycles. The predicted molar refractivity (Wildman–Crippen MR) is 66.1 cm³/mol. The fraction of sp³-hybridized carbons (Fsp3) is 0.462. The monoisotopic (exact) mass is 251 g/mol. The van der Waals surface area contributed by atoms with Crippen molar-refractivity contribution in [2.45, 2.75) is 25.8 Å². The minimum atomic E-state index is 0.268. The van der Waals surface area contributed by atoms with Crippen LogP contribution in [-0.4, -0.2) is 12.7 Å². The molecule has 0 N–H and O–H groups in total. The number of ether oxygens (including phenoxy) is 1. The topological polar surface area (TPSA) is 38.7 Å². The summed E-state index contributed by atoms with van der Waals surface area (Å²) in [6.07, 6.45) is 5.32. The van der Waals surface area contributed by atoms with Crippen LogP contribution < -0.4 is 4.74 Å². The summed E-state index contributed by atoms with van der Waals surface area (Å²) < 4.78 is 5.74. The highest BCUT2D eigenvalue weighted by Gasteiger charge is 2.18. The SMILES string of the molecule is O=C=NCc1cc(Cl)ccc1OCC1CCC1. The fourth-order valence-corrected chi connectivity index (χ4v) is 1.99. The Hall–Kier alpha value is -1.31. The molecule has 2 rings (SSSR count). The van der Waals surface area contributed by atoms with Crippen LogP contribution in [0.15, 0.2) is 23.2 Å². The maximum absolute atomic E-state index is 10.1. The highest BCUT2D eigenvalue weighted by molar-refractivity contribution is 6.30. The van der Waals surface area contributed by atoms with Gasteiger partial charge in [-0.15, -0.1) is 0 Å². The molecule has 0 bridgehead atoms. The standard InChI is InChI=1S/C13H14ClNO2/c14-12-4-5-13(11(6-12)7-15-9-16)17-8-10-2-1-3-10/h4-6,10H,1-3,7-8H2. The quantitative estimate of drug-likeness (QED) is 0.595. The molecule has 1 aliphatic carbocycles. The van der Waals surface area contributed by atoms with E-state index in [4.69, 9.17) is 16.3 Å². The molecule has 1 aromatic rings. The lowest BCUT2D eigenvalue weighted by Gasteiger charge is -2.25. The molecule has 1 saturated carbocycles. The number of hydrogen-bond acceptors (Lipinski definition) is 3. The zero-order valence-electron chi connectivity index (χ0n) is 9.49. The Balaban J connectivity index is 2.04. The van der Waals surface area contributed by atoms with Gasteiger partial charge in [0.15, 0.2) is 0 Å². The van der Waals surface area contributed by atoms with Crippen LogP contribution in [0.3, 0.4) is 0 Å². The van der Waals surface area contributed by atoms with E-state index in [1.807, 2.05) is 6.07 Å². The van der Waals surface area contributed by atoms with Gasteiger partial charge in [0, 0.05) is 10.6 Å². The van der Waals surface area contributed by atoms with E-state index in [1.165, 1.54) is 25.3 Å². The van der Waals surface area contributed by atoms with Crippen molar-refractivity contribution in [3.8, 4) is 5.75 Å². The Morgan fingerprint density at radius 1 is 1.47 bits per heavy atom. The van der Waals surface area contributed by atoms with Gasteiger partial charge in [0.2, 0.25) is 6.08 Å². The molecule has 0 atom stereocenters. The van der Waals surface area contributed by atoms with Crippen LogP contribution >= 0.6 is 11.6 Å². The minimum Gasteiger partial charge on any atom is -0.493 e. The lowest BCUT2D eigenvalue weighted by atomic mass is 9.86. The Morgan fingerprint density at radius 2 is 2.29 bits per heavy atom. The second kappa shape index (κ2) is 5.85. The maximum Gasteiger partial charge on any atom is 0.235 e. The average Bonchev–Trinajstić information content (AvgIpc) is 2.26. The van der Waals surface area contributed by atoms with Crippen molar-refractivity contribution >= 4 is 17.7 Å². The third kappa shape index (κ3) is 3.32. The van der Waals surface area contributed by atoms with Gasteiger partial charge in [0.1, 0.15) is 5.75 Å². The van der Waals surface area contributed by atoms with Crippen LogP contribution in [0.5, 0.6) is 5.75 Å². The zero-order chi connectivity index (χ0) is 12.1. The van der Waals surface area contributed by atoms with Crippen LogP contribution in [0.2, 0.25) is 5.02 Å². The number of hydrogen-bond donors (Lipinski definition) is 0. The molecular weight excluding hydrogens is 238 g/mol. The lowest BCUT2D eigenvalue weighted by Crippen LogP contribution is -2.19. The van der Waals surface area contributed by atoms with E-state index in [2.05, 4.69) is 4.99 Å². The second-order valence-electron chi connectivity index (χ2n) is 4.27. The van der Waals surface area contributed by atoms with Gasteiger partial charge >= 0.3 is 0 Å². The summed E-state index contributed by atoms with van der Waals surface area (Å²) >= 11 is 5.90. The Kier molecular flexibility index (Phi) is 4.18. The van der Waals surface area contributed by atoms with Gasteiger partial charge in [0.25, 0.3) is 0 Å². The Bertz CT molecular complexity index is 437. The summed E-state index contributed by atoms with van der Waals surface area (Å²) in [5.74, 6) is 1.44. The number of nitrogens with zero attached hydrogens (tertiary/aromatic N) is 1. The van der Waals surface area contributed by atoms with Gasteiger partial charge < -0.3 is 4.74 Å². The Labute approximate surface area is 105 Å². The van der Waals surface area contributed by atoms with E-state index < -0.39 is 0 Å². The highest BCUT2D eigenvalue weighted by Crippen LogP contribution is 2.29. The van der Waals surface area contributed by atoms with E-state index >= 15 is 0 Å². The Morgan fingerprint density at radius 3 is 2.94 bits per heavy atom. The number of carbonyl (C=O) groups excluding carboxylic acids is 1. The van der Waals surface area contributed by atoms with Crippen LogP contribution in [0, 0.1) is 5.92 Å². The van der Waals surface area contributed by atoms with Crippen molar-refractivity contribution in [2.75, 3.05) is 6.61 Å². The van der Waals surface area contributed by atoms with Crippen molar-refractivity contribution in [2.24, 2.45) is 10.9 Å². The van der Waals surface area contributed by atoms with Gasteiger partial charge in [-0.3, -0.25) is 0 Å². The van der Waals surface area contributed by atoms with E-state index in [0.717, 1.165) is 17.9 Å². The molecule has 0 unspecified atom stereocenters. The summed E-state index contributed by atoms with van der Waals surface area (Å²) in [4.78, 5) is 13.7. The lowest BCUT2D eigenvalue weighted by molar-refractivity contribution is 0.179. The van der Waals surface area contributed by atoms with Gasteiger partial charge in [-0.2, -0.15) is 0 Å². The third-order valence-electron chi connectivity index (χ3n) is 3.04. The molecular formula is C13H14ClNO2. The normalized spacial score (nSPS) is 14.9. The first kappa shape index (κ1) is 12.2. The smallest absolute Gasteiger partial charge is 0.235 e.